The molecule has 1 atom stereocenters. The average molecular weight is 399 g/mol. The molecule has 6 heteroatoms. The van der Waals surface area contributed by atoms with Gasteiger partial charge in [0.1, 0.15) is 12.1 Å². The molecule has 2 aromatic rings. The molecule has 1 amide bonds. The van der Waals surface area contributed by atoms with Gasteiger partial charge in [-0.2, -0.15) is 0 Å². The maximum Gasteiger partial charge on any atom is 0.326 e. The molecule has 1 aliphatic rings. The number of para-hydroxylation sites is 1. The van der Waals surface area contributed by atoms with E-state index >= 15 is 0 Å². The van der Waals surface area contributed by atoms with Crippen LogP contribution < -0.4 is 10.2 Å². The molecule has 1 aliphatic heterocycles. The summed E-state index contributed by atoms with van der Waals surface area (Å²) in [7, 11) is 0. The smallest absolute Gasteiger partial charge is 0.326 e. The van der Waals surface area contributed by atoms with Crippen LogP contribution in [0.25, 0.3) is 0 Å². The zero-order chi connectivity index (χ0) is 20.1. The number of amides is 1. The first-order valence-electron chi connectivity index (χ1n) is 9.36. The summed E-state index contributed by atoms with van der Waals surface area (Å²) in [6, 6.07) is 17.3. The summed E-state index contributed by atoms with van der Waals surface area (Å²) >= 11 is 1.62. The molecule has 0 radical (unpaired) electrons. The summed E-state index contributed by atoms with van der Waals surface area (Å²) in [5.41, 5.74) is 1.28. The van der Waals surface area contributed by atoms with E-state index in [2.05, 4.69) is 5.32 Å². The Hall–Kier alpha value is -2.31. The molecule has 148 valence electrons. The molecular weight excluding hydrogens is 372 g/mol. The van der Waals surface area contributed by atoms with Gasteiger partial charge < -0.3 is 10.1 Å². The number of nitrogens with zero attached hydrogens (tertiary/aromatic N) is 1. The van der Waals surface area contributed by atoms with Gasteiger partial charge in [-0.05, 0) is 38.5 Å². The highest BCUT2D eigenvalue weighted by atomic mass is 32.2. The van der Waals surface area contributed by atoms with Crippen molar-refractivity contribution in [1.29, 1.82) is 0 Å². The van der Waals surface area contributed by atoms with Crippen LogP contribution >= 0.6 is 11.8 Å². The molecule has 3 rings (SSSR count). The molecule has 0 aliphatic carbocycles. The third-order valence-corrected chi connectivity index (χ3v) is 5.38. The van der Waals surface area contributed by atoms with E-state index in [1.165, 1.54) is 0 Å². The highest BCUT2D eigenvalue weighted by Gasteiger charge is 2.32. The van der Waals surface area contributed by atoms with Crippen molar-refractivity contribution in [2.45, 2.75) is 43.9 Å². The van der Waals surface area contributed by atoms with Crippen LogP contribution in [0.1, 0.15) is 26.3 Å². The second-order valence-electron chi connectivity index (χ2n) is 7.71. The molecule has 1 unspecified atom stereocenters. The standard InChI is InChI=1S/C22H26N2O3S/c1-22(2,3)27-20(25)14-24-18-11-7-8-12-19(18)28-15-17(21(24)26)23-13-16-9-5-4-6-10-16/h4-12,17,23H,13-15H2,1-3H3. The molecule has 0 spiro atoms. The molecule has 0 bridgehead atoms. The van der Waals surface area contributed by atoms with Gasteiger partial charge in [-0.1, -0.05) is 42.5 Å². The number of esters is 1. The number of carbonyl (C=O) groups excluding carboxylic acids is 2. The van der Waals surface area contributed by atoms with Crippen molar-refractivity contribution in [3.8, 4) is 0 Å². The van der Waals surface area contributed by atoms with Crippen LogP contribution in [0.2, 0.25) is 0 Å². The van der Waals surface area contributed by atoms with E-state index in [1.807, 2.05) is 75.4 Å². The number of anilines is 1. The molecule has 0 saturated carbocycles. The van der Waals surface area contributed by atoms with Crippen LogP contribution in [-0.2, 0) is 20.9 Å². The van der Waals surface area contributed by atoms with Crippen molar-refractivity contribution in [3.05, 3.63) is 60.2 Å². The molecular formula is C22H26N2O3S. The normalized spacial score (nSPS) is 17.0. The lowest BCUT2D eigenvalue weighted by Crippen LogP contribution is -2.49. The van der Waals surface area contributed by atoms with Gasteiger partial charge in [0.25, 0.3) is 0 Å². The Morgan fingerprint density at radius 2 is 1.82 bits per heavy atom. The monoisotopic (exact) mass is 398 g/mol. The summed E-state index contributed by atoms with van der Waals surface area (Å²) in [6.07, 6.45) is 0. The Kier molecular flexibility index (Phi) is 6.42. The zero-order valence-corrected chi connectivity index (χ0v) is 17.3. The maximum absolute atomic E-state index is 13.3. The number of hydrogen-bond donors (Lipinski definition) is 1. The Morgan fingerprint density at radius 1 is 1.14 bits per heavy atom. The molecule has 0 fully saturated rings. The van der Waals surface area contributed by atoms with Gasteiger partial charge in [-0.3, -0.25) is 14.5 Å². The molecule has 1 N–H and O–H groups in total. The summed E-state index contributed by atoms with van der Waals surface area (Å²) in [5, 5.41) is 3.35. The van der Waals surface area contributed by atoms with Crippen LogP contribution in [-0.4, -0.2) is 35.8 Å². The number of benzene rings is 2. The van der Waals surface area contributed by atoms with Crippen molar-refractivity contribution in [3.63, 3.8) is 0 Å². The fourth-order valence-electron chi connectivity index (χ4n) is 3.00. The van der Waals surface area contributed by atoms with Gasteiger partial charge in [0, 0.05) is 17.2 Å². The van der Waals surface area contributed by atoms with Crippen LogP contribution in [0, 0.1) is 0 Å². The number of fused-ring (bicyclic) bond motifs is 1. The zero-order valence-electron chi connectivity index (χ0n) is 16.5. The van der Waals surface area contributed by atoms with E-state index < -0.39 is 11.6 Å². The van der Waals surface area contributed by atoms with Crippen molar-refractivity contribution in [1.82, 2.24) is 5.32 Å². The van der Waals surface area contributed by atoms with E-state index in [1.54, 1.807) is 16.7 Å². The van der Waals surface area contributed by atoms with Crippen LogP contribution in [0.3, 0.4) is 0 Å². The van der Waals surface area contributed by atoms with Crippen LogP contribution in [0.5, 0.6) is 0 Å². The van der Waals surface area contributed by atoms with E-state index in [-0.39, 0.29) is 18.5 Å². The number of thioether (sulfide) groups is 1. The van der Waals surface area contributed by atoms with E-state index in [0.717, 1.165) is 16.1 Å². The number of hydrogen-bond acceptors (Lipinski definition) is 5. The van der Waals surface area contributed by atoms with Crippen molar-refractivity contribution in [2.24, 2.45) is 0 Å². The number of rotatable bonds is 5. The summed E-state index contributed by atoms with van der Waals surface area (Å²) < 4.78 is 5.45. The fraction of sp³-hybridized carbons (Fsp3) is 0.364. The minimum atomic E-state index is -0.592. The third kappa shape index (κ3) is 5.36. The first-order valence-corrected chi connectivity index (χ1v) is 10.3. The average Bonchev–Trinajstić information content (AvgIpc) is 2.77. The molecule has 28 heavy (non-hydrogen) atoms. The molecule has 0 saturated heterocycles. The largest absolute Gasteiger partial charge is 0.459 e. The highest BCUT2D eigenvalue weighted by molar-refractivity contribution is 7.99. The SMILES string of the molecule is CC(C)(C)OC(=O)CN1C(=O)C(NCc2ccccc2)CSc2ccccc21. The summed E-state index contributed by atoms with van der Waals surface area (Å²) in [4.78, 5) is 28.2. The van der Waals surface area contributed by atoms with Gasteiger partial charge in [0.15, 0.2) is 0 Å². The van der Waals surface area contributed by atoms with Gasteiger partial charge in [-0.15, -0.1) is 11.8 Å². The maximum atomic E-state index is 13.3. The Labute approximate surface area is 170 Å². The topological polar surface area (TPSA) is 58.6 Å². The molecule has 5 nitrogen and oxygen atoms in total. The Bertz CT molecular complexity index is 833. The van der Waals surface area contributed by atoms with E-state index in [9.17, 15) is 9.59 Å². The quantitative estimate of drug-likeness (QED) is 0.780. The van der Waals surface area contributed by atoms with Crippen LogP contribution in [0.4, 0.5) is 5.69 Å². The van der Waals surface area contributed by atoms with Gasteiger partial charge in [0.2, 0.25) is 5.91 Å². The van der Waals surface area contributed by atoms with Gasteiger partial charge >= 0.3 is 5.97 Å². The first-order chi connectivity index (χ1) is 13.3. The van der Waals surface area contributed by atoms with Crippen molar-refractivity contribution in [2.75, 3.05) is 17.2 Å². The second-order valence-corrected chi connectivity index (χ2v) is 8.77. The highest BCUT2D eigenvalue weighted by Crippen LogP contribution is 2.34. The van der Waals surface area contributed by atoms with Crippen molar-refractivity contribution < 1.29 is 14.3 Å². The molecule has 1 heterocycles. The lowest BCUT2D eigenvalue weighted by atomic mass is 10.2. The fourth-order valence-corrected chi connectivity index (χ4v) is 4.11. The Balaban J connectivity index is 1.79. The minimum absolute atomic E-state index is 0.100. The number of ether oxygens (including phenoxy) is 1. The molecule has 0 aromatic heterocycles. The third-order valence-electron chi connectivity index (χ3n) is 4.23. The second kappa shape index (κ2) is 8.80. The van der Waals surface area contributed by atoms with Crippen molar-refractivity contribution >= 4 is 29.3 Å². The van der Waals surface area contributed by atoms with Crippen LogP contribution in [0.15, 0.2) is 59.5 Å². The van der Waals surface area contributed by atoms with Gasteiger partial charge in [-0.25, -0.2) is 0 Å². The predicted octanol–water partition coefficient (Wildman–Crippen LogP) is 3.63. The minimum Gasteiger partial charge on any atom is -0.459 e. The Morgan fingerprint density at radius 3 is 2.54 bits per heavy atom. The lowest BCUT2D eigenvalue weighted by Gasteiger charge is -2.27. The predicted molar refractivity (Wildman–Crippen MR) is 112 cm³/mol. The molecule has 2 aromatic carbocycles. The van der Waals surface area contributed by atoms with E-state index in [0.29, 0.717) is 12.3 Å². The van der Waals surface area contributed by atoms with E-state index in [4.69, 9.17) is 4.74 Å². The number of carbonyl (C=O) groups is 2. The lowest BCUT2D eigenvalue weighted by molar-refractivity contribution is -0.153. The number of nitrogens with one attached hydrogen (secondary N) is 1. The van der Waals surface area contributed by atoms with Gasteiger partial charge in [0.05, 0.1) is 11.7 Å². The first kappa shape index (κ1) is 20.4. The summed E-state index contributed by atoms with van der Waals surface area (Å²) in [5.74, 6) is 0.0802. The summed E-state index contributed by atoms with van der Waals surface area (Å²) in [6.45, 7) is 5.96.